The topological polar surface area (TPSA) is 54.6 Å². The summed E-state index contributed by atoms with van der Waals surface area (Å²) in [7, 11) is 0. The second-order valence-corrected chi connectivity index (χ2v) is 4.32. The highest BCUT2D eigenvalue weighted by molar-refractivity contribution is 7.15. The minimum Gasteiger partial charge on any atom is -0.481 e. The third kappa shape index (κ3) is 2.02. The molecule has 0 spiro atoms. The number of carboxylic acids is 1. The van der Waals surface area contributed by atoms with Crippen molar-refractivity contribution in [3.05, 3.63) is 23.0 Å². The number of aryl methyl sites for hydroxylation is 2. The maximum absolute atomic E-state index is 10.4. The van der Waals surface area contributed by atoms with Crippen molar-refractivity contribution in [2.75, 3.05) is 0 Å². The predicted octanol–water partition coefficient (Wildman–Crippen LogP) is 2.11. The fraction of sp³-hybridized carbons (Fsp3) is 0.400. The lowest BCUT2D eigenvalue weighted by Crippen LogP contribution is -1.98. The molecule has 0 aromatic carbocycles. The first-order valence-electron chi connectivity index (χ1n) is 4.81. The Morgan fingerprint density at radius 3 is 3.20 bits per heavy atom. The molecule has 0 radical (unpaired) electrons. The minimum atomic E-state index is -0.737. The van der Waals surface area contributed by atoms with E-state index in [2.05, 4.69) is 4.98 Å². The second-order valence-electron chi connectivity index (χ2n) is 3.45. The fourth-order valence-corrected chi connectivity index (χ4v) is 2.43. The highest BCUT2D eigenvalue weighted by atomic mass is 32.1. The lowest BCUT2D eigenvalue weighted by molar-refractivity contribution is -0.137. The second kappa shape index (κ2) is 4.02. The van der Waals surface area contributed by atoms with Crippen LogP contribution in [0.25, 0.3) is 4.96 Å². The van der Waals surface area contributed by atoms with Crippen LogP contribution in [0.15, 0.2) is 11.6 Å². The summed E-state index contributed by atoms with van der Waals surface area (Å²) in [5, 5.41) is 10.6. The standard InChI is InChI=1S/C10H12N2O2S/c1-7-8(3-2-4-9(13)14)12-5-6-15-10(12)11-7/h5-6H,2-4H2,1H3,(H,13,14). The van der Waals surface area contributed by atoms with Crippen LogP contribution in [0.1, 0.15) is 24.2 Å². The van der Waals surface area contributed by atoms with Gasteiger partial charge in [0.2, 0.25) is 0 Å². The van der Waals surface area contributed by atoms with Gasteiger partial charge in [-0.25, -0.2) is 4.98 Å². The lowest BCUT2D eigenvalue weighted by Gasteiger charge is -1.99. The number of carbonyl (C=O) groups is 1. The third-order valence-electron chi connectivity index (χ3n) is 2.37. The molecule has 0 aliphatic rings. The Labute approximate surface area is 91.2 Å². The number of aromatic nitrogens is 2. The molecule has 2 rings (SSSR count). The monoisotopic (exact) mass is 224 g/mol. The molecule has 1 N–H and O–H groups in total. The van der Waals surface area contributed by atoms with Crippen LogP contribution in [0.3, 0.4) is 0 Å². The summed E-state index contributed by atoms with van der Waals surface area (Å²) in [6, 6.07) is 0. The Morgan fingerprint density at radius 2 is 2.47 bits per heavy atom. The molecule has 0 aliphatic heterocycles. The van der Waals surface area contributed by atoms with E-state index in [9.17, 15) is 4.79 Å². The maximum Gasteiger partial charge on any atom is 0.303 e. The van der Waals surface area contributed by atoms with E-state index in [-0.39, 0.29) is 6.42 Å². The molecule has 0 atom stereocenters. The van der Waals surface area contributed by atoms with Crippen LogP contribution in [0.2, 0.25) is 0 Å². The molecule has 2 aromatic heterocycles. The highest BCUT2D eigenvalue weighted by Crippen LogP contribution is 2.18. The van der Waals surface area contributed by atoms with Crippen molar-refractivity contribution in [3.63, 3.8) is 0 Å². The summed E-state index contributed by atoms with van der Waals surface area (Å²) in [5.74, 6) is -0.737. The maximum atomic E-state index is 10.4. The molecule has 0 saturated carbocycles. The van der Waals surface area contributed by atoms with E-state index in [0.717, 1.165) is 22.8 Å². The Bertz CT molecular complexity index is 487. The number of nitrogens with zero attached hydrogens (tertiary/aromatic N) is 2. The zero-order chi connectivity index (χ0) is 10.8. The van der Waals surface area contributed by atoms with E-state index in [0.29, 0.717) is 6.42 Å². The Balaban J connectivity index is 2.15. The van der Waals surface area contributed by atoms with Crippen LogP contribution in [-0.4, -0.2) is 20.5 Å². The average Bonchev–Trinajstić information content (AvgIpc) is 2.68. The smallest absolute Gasteiger partial charge is 0.303 e. The van der Waals surface area contributed by atoms with Crippen LogP contribution < -0.4 is 0 Å². The van der Waals surface area contributed by atoms with Crippen LogP contribution in [0.5, 0.6) is 0 Å². The van der Waals surface area contributed by atoms with Gasteiger partial charge in [-0.15, -0.1) is 11.3 Å². The van der Waals surface area contributed by atoms with Crippen LogP contribution in [0.4, 0.5) is 0 Å². The van der Waals surface area contributed by atoms with Crippen molar-refractivity contribution in [1.82, 2.24) is 9.38 Å². The van der Waals surface area contributed by atoms with Gasteiger partial charge in [0, 0.05) is 23.7 Å². The first-order valence-corrected chi connectivity index (χ1v) is 5.69. The van der Waals surface area contributed by atoms with Gasteiger partial charge >= 0.3 is 5.97 Å². The van der Waals surface area contributed by atoms with Gasteiger partial charge in [0.15, 0.2) is 4.96 Å². The number of imidazole rings is 1. The van der Waals surface area contributed by atoms with Gasteiger partial charge in [-0.2, -0.15) is 0 Å². The van der Waals surface area contributed by atoms with E-state index < -0.39 is 5.97 Å². The molecule has 4 nitrogen and oxygen atoms in total. The van der Waals surface area contributed by atoms with Crippen molar-refractivity contribution < 1.29 is 9.90 Å². The van der Waals surface area contributed by atoms with Gasteiger partial charge in [0.05, 0.1) is 5.69 Å². The van der Waals surface area contributed by atoms with Crippen molar-refractivity contribution in [1.29, 1.82) is 0 Å². The van der Waals surface area contributed by atoms with Gasteiger partial charge < -0.3 is 5.11 Å². The molecule has 0 fully saturated rings. The van der Waals surface area contributed by atoms with Crippen LogP contribution in [0, 0.1) is 6.92 Å². The number of hydrogen-bond acceptors (Lipinski definition) is 3. The molecule has 5 heteroatoms. The fourth-order valence-electron chi connectivity index (χ4n) is 1.65. The van der Waals surface area contributed by atoms with Crippen molar-refractivity contribution >= 4 is 22.3 Å². The first kappa shape index (κ1) is 10.2. The van der Waals surface area contributed by atoms with Crippen molar-refractivity contribution in [2.24, 2.45) is 0 Å². The van der Waals surface area contributed by atoms with Gasteiger partial charge in [-0.05, 0) is 19.8 Å². The summed E-state index contributed by atoms with van der Waals surface area (Å²) in [4.78, 5) is 15.8. The molecule has 0 amide bonds. The largest absolute Gasteiger partial charge is 0.481 e. The highest BCUT2D eigenvalue weighted by Gasteiger charge is 2.09. The molecule has 0 aliphatic carbocycles. The SMILES string of the molecule is Cc1nc2sccn2c1CCCC(=O)O. The Kier molecular flexibility index (Phi) is 2.73. The Morgan fingerprint density at radius 1 is 1.67 bits per heavy atom. The molecule has 0 saturated heterocycles. The molecule has 2 heterocycles. The zero-order valence-corrected chi connectivity index (χ0v) is 9.25. The minimum absolute atomic E-state index is 0.219. The van der Waals surface area contributed by atoms with Crippen LogP contribution in [-0.2, 0) is 11.2 Å². The normalized spacial score (nSPS) is 11.0. The molecule has 80 valence electrons. The van der Waals surface area contributed by atoms with Gasteiger partial charge in [-0.1, -0.05) is 0 Å². The van der Waals surface area contributed by atoms with Crippen molar-refractivity contribution in [2.45, 2.75) is 26.2 Å². The van der Waals surface area contributed by atoms with Gasteiger partial charge in [0.1, 0.15) is 0 Å². The van der Waals surface area contributed by atoms with E-state index in [1.54, 1.807) is 11.3 Å². The molecule has 15 heavy (non-hydrogen) atoms. The quantitative estimate of drug-likeness (QED) is 0.865. The molecule has 2 aromatic rings. The molecular weight excluding hydrogens is 212 g/mol. The summed E-state index contributed by atoms with van der Waals surface area (Å²) in [5.41, 5.74) is 2.14. The Hall–Kier alpha value is -1.36. The van der Waals surface area contributed by atoms with Gasteiger partial charge in [-0.3, -0.25) is 9.20 Å². The zero-order valence-electron chi connectivity index (χ0n) is 8.43. The third-order valence-corrected chi connectivity index (χ3v) is 3.12. The molecular formula is C10H12N2O2S. The summed E-state index contributed by atoms with van der Waals surface area (Å²) >= 11 is 1.60. The predicted molar refractivity (Wildman–Crippen MR) is 58.4 cm³/mol. The van der Waals surface area contributed by atoms with E-state index in [4.69, 9.17) is 5.11 Å². The molecule has 0 unspecified atom stereocenters. The first-order chi connectivity index (χ1) is 7.18. The number of rotatable bonds is 4. The number of aliphatic carboxylic acids is 1. The molecule has 0 bridgehead atoms. The van der Waals surface area contributed by atoms with Crippen molar-refractivity contribution in [3.8, 4) is 0 Å². The number of carboxylic acid groups (broad SMARTS) is 1. The van der Waals surface area contributed by atoms with E-state index in [1.807, 2.05) is 22.9 Å². The summed E-state index contributed by atoms with van der Waals surface area (Å²) in [6.45, 7) is 1.97. The average molecular weight is 224 g/mol. The van der Waals surface area contributed by atoms with E-state index >= 15 is 0 Å². The number of thiazole rings is 1. The number of fused-ring (bicyclic) bond motifs is 1. The van der Waals surface area contributed by atoms with Gasteiger partial charge in [0.25, 0.3) is 0 Å². The summed E-state index contributed by atoms with van der Waals surface area (Å²) in [6.07, 6.45) is 3.64. The number of hydrogen-bond donors (Lipinski definition) is 1. The lowest BCUT2D eigenvalue weighted by atomic mass is 10.1. The summed E-state index contributed by atoms with van der Waals surface area (Å²) < 4.78 is 2.04. The van der Waals surface area contributed by atoms with E-state index in [1.165, 1.54) is 0 Å². The van der Waals surface area contributed by atoms with Crippen LogP contribution >= 0.6 is 11.3 Å².